The van der Waals surface area contributed by atoms with Gasteiger partial charge in [0, 0.05) is 12.4 Å². The predicted octanol–water partition coefficient (Wildman–Crippen LogP) is 3.30. The van der Waals surface area contributed by atoms with Gasteiger partial charge in [0.25, 0.3) is 0 Å². The van der Waals surface area contributed by atoms with Crippen LogP contribution in [0.4, 0.5) is 5.69 Å². The van der Waals surface area contributed by atoms with Crippen molar-refractivity contribution >= 4 is 34.3 Å². The van der Waals surface area contributed by atoms with E-state index in [4.69, 9.17) is 17.3 Å². The van der Waals surface area contributed by atoms with Crippen molar-refractivity contribution in [2.45, 2.75) is 0 Å². The third-order valence-electron chi connectivity index (χ3n) is 2.32. The van der Waals surface area contributed by atoms with E-state index in [1.807, 2.05) is 28.1 Å². The molecule has 3 aromatic rings. The Labute approximate surface area is 101 Å². The van der Waals surface area contributed by atoms with E-state index in [2.05, 4.69) is 4.98 Å². The predicted molar refractivity (Wildman–Crippen MR) is 67.9 cm³/mol. The maximum atomic E-state index is 5.93. The van der Waals surface area contributed by atoms with Crippen LogP contribution in [0.15, 0.2) is 36.0 Å². The zero-order valence-electron chi connectivity index (χ0n) is 8.22. The number of nitrogens with two attached hydrogens (primary N) is 1. The molecule has 0 aliphatic carbocycles. The van der Waals surface area contributed by atoms with Gasteiger partial charge in [-0.15, -0.1) is 11.3 Å². The van der Waals surface area contributed by atoms with Crippen molar-refractivity contribution in [1.82, 2.24) is 9.38 Å². The van der Waals surface area contributed by atoms with E-state index in [0.29, 0.717) is 10.7 Å². The molecule has 0 bridgehead atoms. The Morgan fingerprint density at radius 3 is 3.00 bits per heavy atom. The van der Waals surface area contributed by atoms with Crippen molar-refractivity contribution in [2.24, 2.45) is 0 Å². The Morgan fingerprint density at radius 2 is 2.25 bits per heavy atom. The molecule has 0 saturated carbocycles. The van der Waals surface area contributed by atoms with Crippen LogP contribution in [0.5, 0.6) is 0 Å². The molecule has 3 nitrogen and oxygen atoms in total. The van der Waals surface area contributed by atoms with E-state index < -0.39 is 0 Å². The number of hydrogen-bond donors (Lipinski definition) is 1. The first-order valence-corrected chi connectivity index (χ1v) is 5.97. The number of fused-ring (bicyclic) bond motifs is 1. The molecule has 5 heteroatoms. The Kier molecular flexibility index (Phi) is 2.12. The number of nitrogen functional groups attached to an aromatic ring is 1. The van der Waals surface area contributed by atoms with Gasteiger partial charge >= 0.3 is 0 Å². The molecule has 0 spiro atoms. The summed E-state index contributed by atoms with van der Waals surface area (Å²) in [7, 11) is 0. The van der Waals surface area contributed by atoms with Gasteiger partial charge in [-0.3, -0.25) is 0 Å². The third-order valence-corrected chi connectivity index (χ3v) is 3.42. The van der Waals surface area contributed by atoms with Crippen molar-refractivity contribution in [3.05, 3.63) is 41.0 Å². The minimum Gasteiger partial charge on any atom is -0.396 e. The lowest BCUT2D eigenvalue weighted by atomic mass is 10.4. The monoisotopic (exact) mass is 249 g/mol. The SMILES string of the molecule is Nc1cc(Cl)cn2cc(-c3cccs3)nc12. The molecule has 0 radical (unpaired) electrons. The molecule has 0 amide bonds. The summed E-state index contributed by atoms with van der Waals surface area (Å²) >= 11 is 7.58. The summed E-state index contributed by atoms with van der Waals surface area (Å²) in [5, 5.41) is 2.63. The number of thiophene rings is 1. The maximum absolute atomic E-state index is 5.93. The number of imidazole rings is 1. The number of hydrogen-bond acceptors (Lipinski definition) is 3. The molecular formula is C11H8ClN3S. The van der Waals surface area contributed by atoms with Crippen molar-refractivity contribution in [3.8, 4) is 10.6 Å². The molecule has 80 valence electrons. The van der Waals surface area contributed by atoms with Gasteiger partial charge in [-0.2, -0.15) is 0 Å². The third kappa shape index (κ3) is 1.47. The van der Waals surface area contributed by atoms with Gasteiger partial charge in [0.15, 0.2) is 5.65 Å². The van der Waals surface area contributed by atoms with Crippen LogP contribution in [0, 0.1) is 0 Å². The average molecular weight is 250 g/mol. The summed E-state index contributed by atoms with van der Waals surface area (Å²) in [5.41, 5.74) is 8.12. The summed E-state index contributed by atoms with van der Waals surface area (Å²) in [5.74, 6) is 0. The second-order valence-electron chi connectivity index (χ2n) is 3.45. The lowest BCUT2D eigenvalue weighted by Crippen LogP contribution is -1.91. The quantitative estimate of drug-likeness (QED) is 0.719. The van der Waals surface area contributed by atoms with Crippen LogP contribution in [0.1, 0.15) is 0 Å². The molecule has 0 aliphatic heterocycles. The second kappa shape index (κ2) is 3.50. The van der Waals surface area contributed by atoms with Gasteiger partial charge < -0.3 is 10.1 Å². The van der Waals surface area contributed by atoms with Gasteiger partial charge in [-0.1, -0.05) is 17.7 Å². The van der Waals surface area contributed by atoms with E-state index in [1.54, 1.807) is 23.6 Å². The average Bonchev–Trinajstić information content (AvgIpc) is 2.82. The Morgan fingerprint density at radius 1 is 1.38 bits per heavy atom. The van der Waals surface area contributed by atoms with Crippen molar-refractivity contribution in [3.63, 3.8) is 0 Å². The van der Waals surface area contributed by atoms with Crippen LogP contribution in [0.3, 0.4) is 0 Å². The number of nitrogens with zero attached hydrogens (tertiary/aromatic N) is 2. The fourth-order valence-electron chi connectivity index (χ4n) is 1.63. The van der Waals surface area contributed by atoms with Crippen LogP contribution in [0.25, 0.3) is 16.2 Å². The lowest BCUT2D eigenvalue weighted by Gasteiger charge is -1.97. The molecule has 3 rings (SSSR count). The minimum absolute atomic E-state index is 0.593. The summed E-state index contributed by atoms with van der Waals surface area (Å²) < 4.78 is 1.85. The Hall–Kier alpha value is -1.52. The number of rotatable bonds is 1. The van der Waals surface area contributed by atoms with Gasteiger partial charge in [0.05, 0.1) is 21.3 Å². The van der Waals surface area contributed by atoms with Crippen LogP contribution in [-0.4, -0.2) is 9.38 Å². The number of anilines is 1. The topological polar surface area (TPSA) is 43.3 Å². The molecule has 16 heavy (non-hydrogen) atoms. The van der Waals surface area contributed by atoms with E-state index in [1.165, 1.54) is 0 Å². The van der Waals surface area contributed by atoms with Crippen LogP contribution >= 0.6 is 22.9 Å². The largest absolute Gasteiger partial charge is 0.396 e. The highest BCUT2D eigenvalue weighted by Gasteiger charge is 2.08. The molecule has 0 saturated heterocycles. The number of pyridine rings is 1. The highest BCUT2D eigenvalue weighted by molar-refractivity contribution is 7.13. The van der Waals surface area contributed by atoms with Gasteiger partial charge in [0.2, 0.25) is 0 Å². The first-order chi connectivity index (χ1) is 7.74. The van der Waals surface area contributed by atoms with Crippen LogP contribution in [-0.2, 0) is 0 Å². The molecule has 0 unspecified atom stereocenters. The molecule has 2 N–H and O–H groups in total. The summed E-state index contributed by atoms with van der Waals surface area (Å²) in [6.45, 7) is 0. The molecular weight excluding hydrogens is 242 g/mol. The first-order valence-electron chi connectivity index (χ1n) is 4.71. The molecule has 0 fully saturated rings. The highest BCUT2D eigenvalue weighted by atomic mass is 35.5. The number of aromatic nitrogens is 2. The zero-order valence-corrected chi connectivity index (χ0v) is 9.79. The first kappa shape index (κ1) is 9.69. The van der Waals surface area contributed by atoms with Crippen molar-refractivity contribution in [2.75, 3.05) is 5.73 Å². The van der Waals surface area contributed by atoms with E-state index >= 15 is 0 Å². The maximum Gasteiger partial charge on any atom is 0.160 e. The van der Waals surface area contributed by atoms with E-state index in [0.717, 1.165) is 16.2 Å². The van der Waals surface area contributed by atoms with Crippen LogP contribution in [0.2, 0.25) is 5.02 Å². The molecule has 3 heterocycles. The standard InChI is InChI=1S/C11H8ClN3S/c12-7-4-8(13)11-14-9(6-15(11)5-7)10-2-1-3-16-10/h1-6H,13H2. The summed E-state index contributed by atoms with van der Waals surface area (Å²) in [6.07, 6.45) is 3.74. The number of halogens is 1. The van der Waals surface area contributed by atoms with Crippen LogP contribution < -0.4 is 5.73 Å². The summed E-state index contributed by atoms with van der Waals surface area (Å²) in [4.78, 5) is 5.61. The molecule has 0 atom stereocenters. The van der Waals surface area contributed by atoms with Gasteiger partial charge in [0.1, 0.15) is 0 Å². The van der Waals surface area contributed by atoms with Crippen molar-refractivity contribution in [1.29, 1.82) is 0 Å². The fraction of sp³-hybridized carbons (Fsp3) is 0. The Balaban J connectivity index is 2.27. The van der Waals surface area contributed by atoms with Gasteiger partial charge in [-0.05, 0) is 17.5 Å². The normalized spacial score (nSPS) is 11.1. The summed E-state index contributed by atoms with van der Waals surface area (Å²) in [6, 6.07) is 5.74. The highest BCUT2D eigenvalue weighted by Crippen LogP contribution is 2.26. The lowest BCUT2D eigenvalue weighted by molar-refractivity contribution is 1.19. The molecule has 3 aromatic heterocycles. The molecule has 0 aliphatic rings. The Bertz CT molecular complexity index is 643. The molecule has 0 aromatic carbocycles. The minimum atomic E-state index is 0.593. The zero-order chi connectivity index (χ0) is 11.1. The van der Waals surface area contributed by atoms with Crippen molar-refractivity contribution < 1.29 is 0 Å². The van der Waals surface area contributed by atoms with Gasteiger partial charge in [-0.25, -0.2) is 4.98 Å². The van der Waals surface area contributed by atoms with E-state index in [9.17, 15) is 0 Å². The smallest absolute Gasteiger partial charge is 0.160 e. The van der Waals surface area contributed by atoms with E-state index in [-0.39, 0.29) is 0 Å². The fourth-order valence-corrected chi connectivity index (χ4v) is 2.53. The second-order valence-corrected chi connectivity index (χ2v) is 4.83.